The quantitative estimate of drug-likeness (QED) is 0.239. The number of aromatic amines is 1. The highest BCUT2D eigenvalue weighted by Gasteiger charge is 2.08. The van der Waals surface area contributed by atoms with Gasteiger partial charge in [0.25, 0.3) is 0 Å². The summed E-state index contributed by atoms with van der Waals surface area (Å²) in [4.78, 5) is 7.68. The van der Waals surface area contributed by atoms with Gasteiger partial charge in [-0.3, -0.25) is 4.99 Å². The Hall–Kier alpha value is -2.42. The van der Waals surface area contributed by atoms with Crippen LogP contribution in [0.2, 0.25) is 0 Å². The Morgan fingerprint density at radius 2 is 1.96 bits per heavy atom. The van der Waals surface area contributed by atoms with Crippen molar-refractivity contribution in [2.45, 2.75) is 19.9 Å². The van der Waals surface area contributed by atoms with E-state index in [2.05, 4.69) is 45.7 Å². The molecule has 28 heavy (non-hydrogen) atoms. The van der Waals surface area contributed by atoms with Crippen LogP contribution in [0.5, 0.6) is 11.5 Å². The van der Waals surface area contributed by atoms with E-state index in [4.69, 9.17) is 4.74 Å². The van der Waals surface area contributed by atoms with Gasteiger partial charge in [-0.15, -0.1) is 24.0 Å². The van der Waals surface area contributed by atoms with Crippen LogP contribution in [0.1, 0.15) is 16.8 Å². The Bertz CT molecular complexity index is 953. The Kier molecular flexibility index (Phi) is 7.98. The van der Waals surface area contributed by atoms with Gasteiger partial charge in [0.05, 0.1) is 7.11 Å². The highest BCUT2D eigenvalue weighted by Crippen LogP contribution is 2.23. The second-order valence-electron chi connectivity index (χ2n) is 6.37. The number of phenols is 1. The zero-order valence-corrected chi connectivity index (χ0v) is 18.7. The molecule has 0 fully saturated rings. The molecule has 4 N–H and O–H groups in total. The number of para-hydroxylation sites is 1. The molecule has 0 aliphatic heterocycles. The van der Waals surface area contributed by atoms with E-state index in [1.165, 1.54) is 22.2 Å². The summed E-state index contributed by atoms with van der Waals surface area (Å²) in [5.74, 6) is 1.63. The summed E-state index contributed by atoms with van der Waals surface area (Å²) in [6, 6.07) is 13.5. The van der Waals surface area contributed by atoms with Crippen molar-refractivity contribution in [1.29, 1.82) is 0 Å². The number of halogens is 1. The zero-order valence-electron chi connectivity index (χ0n) is 16.4. The smallest absolute Gasteiger partial charge is 0.191 e. The van der Waals surface area contributed by atoms with E-state index in [1.54, 1.807) is 26.3 Å². The highest BCUT2D eigenvalue weighted by atomic mass is 127. The van der Waals surface area contributed by atoms with E-state index < -0.39 is 0 Å². The van der Waals surface area contributed by atoms with Crippen LogP contribution in [-0.2, 0) is 13.0 Å². The number of nitrogens with zero attached hydrogens (tertiary/aromatic N) is 1. The van der Waals surface area contributed by atoms with Gasteiger partial charge in [-0.25, -0.2) is 0 Å². The number of benzene rings is 2. The fourth-order valence-electron chi connectivity index (χ4n) is 3.19. The molecule has 150 valence electrons. The van der Waals surface area contributed by atoms with E-state index in [1.807, 2.05) is 12.1 Å². The molecule has 0 amide bonds. The van der Waals surface area contributed by atoms with Gasteiger partial charge >= 0.3 is 0 Å². The van der Waals surface area contributed by atoms with Gasteiger partial charge in [0.15, 0.2) is 5.96 Å². The molecule has 0 atom stereocenters. The number of hydrogen-bond acceptors (Lipinski definition) is 3. The van der Waals surface area contributed by atoms with Crippen molar-refractivity contribution in [2.24, 2.45) is 4.99 Å². The van der Waals surface area contributed by atoms with Crippen LogP contribution in [0.3, 0.4) is 0 Å². The lowest BCUT2D eigenvalue weighted by molar-refractivity contribution is 0.410. The lowest BCUT2D eigenvalue weighted by Crippen LogP contribution is -2.37. The monoisotopic (exact) mass is 494 g/mol. The number of guanidine groups is 1. The Morgan fingerprint density at radius 1 is 1.18 bits per heavy atom. The molecule has 3 aromatic rings. The minimum absolute atomic E-state index is 0. The van der Waals surface area contributed by atoms with Gasteiger partial charge < -0.3 is 25.5 Å². The normalized spacial score (nSPS) is 11.2. The van der Waals surface area contributed by atoms with Crippen LogP contribution >= 0.6 is 24.0 Å². The maximum Gasteiger partial charge on any atom is 0.191 e. The summed E-state index contributed by atoms with van der Waals surface area (Å²) < 4.78 is 5.21. The second kappa shape index (κ2) is 10.2. The average Bonchev–Trinajstić information content (AvgIpc) is 3.01. The van der Waals surface area contributed by atoms with Gasteiger partial charge in [0.1, 0.15) is 11.5 Å². The number of ether oxygens (including phenoxy) is 1. The fourth-order valence-corrected chi connectivity index (χ4v) is 3.19. The van der Waals surface area contributed by atoms with Gasteiger partial charge in [0, 0.05) is 42.3 Å². The average molecular weight is 494 g/mol. The molecular weight excluding hydrogens is 467 g/mol. The first-order valence-corrected chi connectivity index (χ1v) is 8.99. The van der Waals surface area contributed by atoms with Crippen LogP contribution in [-0.4, -0.2) is 36.8 Å². The maximum atomic E-state index is 9.99. The van der Waals surface area contributed by atoms with Crippen LogP contribution in [0.25, 0.3) is 10.9 Å². The van der Waals surface area contributed by atoms with Crippen molar-refractivity contribution in [3.8, 4) is 11.5 Å². The van der Waals surface area contributed by atoms with Crippen molar-refractivity contribution in [3.63, 3.8) is 0 Å². The van der Waals surface area contributed by atoms with E-state index in [0.717, 1.165) is 18.5 Å². The number of aromatic nitrogens is 1. The first-order chi connectivity index (χ1) is 13.1. The molecule has 0 aliphatic carbocycles. The van der Waals surface area contributed by atoms with Crippen molar-refractivity contribution < 1.29 is 9.84 Å². The second-order valence-corrected chi connectivity index (χ2v) is 6.37. The van der Waals surface area contributed by atoms with E-state index in [9.17, 15) is 5.11 Å². The summed E-state index contributed by atoms with van der Waals surface area (Å²) in [6.45, 7) is 3.31. The molecule has 3 rings (SSSR count). The maximum absolute atomic E-state index is 9.99. The molecule has 6 nitrogen and oxygen atoms in total. The number of rotatable bonds is 6. The molecule has 0 spiro atoms. The number of aliphatic imine (C=N–C) groups is 1. The molecule has 0 saturated heterocycles. The van der Waals surface area contributed by atoms with Crippen LogP contribution in [0, 0.1) is 6.92 Å². The lowest BCUT2D eigenvalue weighted by atomic mass is 10.1. The first-order valence-electron chi connectivity index (χ1n) is 8.99. The van der Waals surface area contributed by atoms with Crippen molar-refractivity contribution >= 4 is 40.8 Å². The fraction of sp³-hybridized carbons (Fsp3) is 0.286. The number of aromatic hydroxyl groups is 1. The number of nitrogens with one attached hydrogen (secondary N) is 3. The summed E-state index contributed by atoms with van der Waals surface area (Å²) in [5, 5.41) is 17.8. The summed E-state index contributed by atoms with van der Waals surface area (Å²) in [7, 11) is 3.34. The Labute approximate surface area is 182 Å². The number of aryl methyl sites for hydroxylation is 1. The third kappa shape index (κ3) is 5.09. The summed E-state index contributed by atoms with van der Waals surface area (Å²) in [6.07, 6.45) is 0.890. The predicted octanol–water partition coefficient (Wildman–Crippen LogP) is 3.72. The molecule has 0 bridgehead atoms. The molecule has 1 heterocycles. The molecule has 2 aromatic carbocycles. The third-order valence-electron chi connectivity index (χ3n) is 4.65. The number of hydrogen-bond donors (Lipinski definition) is 4. The predicted molar refractivity (Wildman–Crippen MR) is 125 cm³/mol. The number of fused-ring (bicyclic) bond motifs is 1. The van der Waals surface area contributed by atoms with E-state index >= 15 is 0 Å². The number of methoxy groups -OCH3 is 1. The minimum atomic E-state index is 0. The van der Waals surface area contributed by atoms with Gasteiger partial charge in [-0.1, -0.05) is 18.2 Å². The summed E-state index contributed by atoms with van der Waals surface area (Å²) in [5.41, 5.74) is 4.44. The number of H-pyrrole nitrogens is 1. The molecule has 0 saturated carbocycles. The van der Waals surface area contributed by atoms with Crippen LogP contribution < -0.4 is 15.4 Å². The van der Waals surface area contributed by atoms with Gasteiger partial charge in [0.2, 0.25) is 0 Å². The molecule has 0 unspecified atom stereocenters. The Balaban J connectivity index is 0.00000280. The van der Waals surface area contributed by atoms with Crippen molar-refractivity contribution in [3.05, 3.63) is 59.3 Å². The highest BCUT2D eigenvalue weighted by molar-refractivity contribution is 14.0. The first kappa shape index (κ1) is 21.9. The summed E-state index contributed by atoms with van der Waals surface area (Å²) >= 11 is 0. The SMILES string of the molecule is CN=C(NCCc1c(C)[nH]c2ccccc12)NCc1cc(OC)ccc1O.I. The van der Waals surface area contributed by atoms with Gasteiger partial charge in [-0.2, -0.15) is 0 Å². The van der Waals surface area contributed by atoms with E-state index in [-0.39, 0.29) is 29.7 Å². The van der Waals surface area contributed by atoms with Crippen LogP contribution in [0.4, 0.5) is 0 Å². The van der Waals surface area contributed by atoms with E-state index in [0.29, 0.717) is 18.3 Å². The van der Waals surface area contributed by atoms with Gasteiger partial charge in [-0.05, 0) is 43.2 Å². The molecule has 0 radical (unpaired) electrons. The molecule has 1 aromatic heterocycles. The topological polar surface area (TPSA) is 81.7 Å². The largest absolute Gasteiger partial charge is 0.508 e. The minimum Gasteiger partial charge on any atom is -0.508 e. The standard InChI is InChI=1S/C21H26N4O2.HI/c1-14-17(18-6-4-5-7-19(18)25-14)10-11-23-21(22-2)24-13-15-12-16(27-3)8-9-20(15)26;/h4-9,12,25-26H,10-11,13H2,1-3H3,(H2,22,23,24);1H. The lowest BCUT2D eigenvalue weighted by Gasteiger charge is -2.13. The van der Waals surface area contributed by atoms with Crippen molar-refractivity contribution in [2.75, 3.05) is 20.7 Å². The molecule has 7 heteroatoms. The van der Waals surface area contributed by atoms with Crippen molar-refractivity contribution in [1.82, 2.24) is 15.6 Å². The Morgan fingerprint density at radius 3 is 2.71 bits per heavy atom. The molecular formula is C21H27IN4O2. The third-order valence-corrected chi connectivity index (χ3v) is 4.65. The van der Waals surface area contributed by atoms with Crippen LogP contribution in [0.15, 0.2) is 47.5 Å². The number of phenolic OH excluding ortho intramolecular Hbond substituents is 1. The molecule has 0 aliphatic rings. The zero-order chi connectivity index (χ0) is 19.2.